The van der Waals surface area contributed by atoms with Gasteiger partial charge in [-0.3, -0.25) is 14.4 Å². The first-order valence-corrected chi connectivity index (χ1v) is 10.1. The van der Waals surface area contributed by atoms with Crippen molar-refractivity contribution >= 4 is 17.6 Å². The Kier molecular flexibility index (Phi) is 5.60. The van der Waals surface area contributed by atoms with Gasteiger partial charge in [-0.2, -0.15) is 13.2 Å². The molecule has 0 saturated heterocycles. The number of nitrogens with zero attached hydrogens (tertiary/aromatic N) is 1. The Balaban J connectivity index is 2.05. The molecule has 0 aromatic rings. The van der Waals surface area contributed by atoms with E-state index in [1.807, 2.05) is 5.32 Å². The highest BCUT2D eigenvalue weighted by Gasteiger charge is 2.70. The molecular formula is C20H27F3N2O3. The minimum absolute atomic E-state index is 0.0191. The summed E-state index contributed by atoms with van der Waals surface area (Å²) in [4.78, 5) is 39.4. The van der Waals surface area contributed by atoms with Crippen LogP contribution in [0.2, 0.25) is 0 Å². The van der Waals surface area contributed by atoms with Gasteiger partial charge in [0.05, 0.1) is 5.57 Å². The van der Waals surface area contributed by atoms with Crippen molar-refractivity contribution in [2.75, 3.05) is 0 Å². The molecule has 0 unspecified atom stereocenters. The van der Waals surface area contributed by atoms with E-state index in [4.69, 9.17) is 0 Å². The van der Waals surface area contributed by atoms with E-state index in [1.165, 1.54) is 6.92 Å². The van der Waals surface area contributed by atoms with E-state index in [1.54, 1.807) is 0 Å². The average Bonchev–Trinajstić information content (AvgIpc) is 3.21. The minimum atomic E-state index is -5.11. The van der Waals surface area contributed by atoms with Crippen LogP contribution in [0.4, 0.5) is 13.2 Å². The van der Waals surface area contributed by atoms with Crippen molar-refractivity contribution in [2.45, 2.75) is 89.4 Å². The van der Waals surface area contributed by atoms with Crippen molar-refractivity contribution < 1.29 is 27.6 Å². The fraction of sp³-hybridized carbons (Fsp3) is 0.750. The van der Waals surface area contributed by atoms with E-state index in [0.29, 0.717) is 25.7 Å². The van der Waals surface area contributed by atoms with Crippen molar-refractivity contribution in [3.8, 4) is 0 Å². The molecule has 28 heavy (non-hydrogen) atoms. The third-order valence-electron chi connectivity index (χ3n) is 6.39. The molecule has 0 spiro atoms. The maximum Gasteiger partial charge on any atom is 0.425 e. The summed E-state index contributed by atoms with van der Waals surface area (Å²) >= 11 is 0. The summed E-state index contributed by atoms with van der Waals surface area (Å²) in [5, 5.41) is 2.03. The lowest BCUT2D eigenvalue weighted by molar-refractivity contribution is -0.195. The lowest BCUT2D eigenvalue weighted by Crippen LogP contribution is -2.67. The Morgan fingerprint density at radius 3 is 2.07 bits per heavy atom. The van der Waals surface area contributed by atoms with Gasteiger partial charge in [0.2, 0.25) is 11.4 Å². The second-order valence-corrected chi connectivity index (χ2v) is 8.20. The van der Waals surface area contributed by atoms with Crippen LogP contribution in [0.3, 0.4) is 0 Å². The summed E-state index contributed by atoms with van der Waals surface area (Å²) in [6.07, 6.45) is 1.22. The second kappa shape index (κ2) is 7.52. The molecular weight excluding hydrogens is 373 g/mol. The van der Waals surface area contributed by atoms with Crippen LogP contribution in [-0.4, -0.2) is 40.3 Å². The van der Waals surface area contributed by atoms with Crippen LogP contribution in [0.5, 0.6) is 0 Å². The average molecular weight is 400 g/mol. The van der Waals surface area contributed by atoms with E-state index in [-0.39, 0.29) is 11.7 Å². The maximum absolute atomic E-state index is 14.4. The van der Waals surface area contributed by atoms with Gasteiger partial charge in [0.15, 0.2) is 5.78 Å². The number of hydrogen-bond donors (Lipinski definition) is 1. The van der Waals surface area contributed by atoms with Crippen molar-refractivity contribution in [3.63, 3.8) is 0 Å². The largest absolute Gasteiger partial charge is 0.425 e. The molecule has 2 saturated carbocycles. The number of hydrogen-bond acceptors (Lipinski definition) is 3. The minimum Gasteiger partial charge on any atom is -0.330 e. The first-order chi connectivity index (χ1) is 13.1. The molecule has 0 aromatic carbocycles. The Morgan fingerprint density at radius 1 is 1.04 bits per heavy atom. The zero-order valence-electron chi connectivity index (χ0n) is 16.3. The quantitative estimate of drug-likeness (QED) is 0.784. The number of carbonyl (C=O) groups excluding carboxylic acids is 3. The summed E-state index contributed by atoms with van der Waals surface area (Å²) in [5.41, 5.74) is -3.90. The molecule has 0 bridgehead atoms. The van der Waals surface area contributed by atoms with Crippen LogP contribution in [0.15, 0.2) is 11.3 Å². The molecule has 5 nitrogen and oxygen atoms in total. The topological polar surface area (TPSA) is 66.5 Å². The number of carbonyl (C=O) groups is 3. The number of nitrogens with one attached hydrogen (secondary N) is 1. The molecule has 1 atom stereocenters. The number of rotatable bonds is 4. The van der Waals surface area contributed by atoms with Crippen LogP contribution in [0, 0.1) is 5.92 Å². The molecule has 3 rings (SSSR count). The highest BCUT2D eigenvalue weighted by molar-refractivity contribution is 6.12. The zero-order valence-corrected chi connectivity index (χ0v) is 16.3. The predicted octanol–water partition coefficient (Wildman–Crippen LogP) is 3.63. The number of amides is 2. The predicted molar refractivity (Wildman–Crippen MR) is 96.0 cm³/mol. The fourth-order valence-corrected chi connectivity index (χ4v) is 5.05. The number of halogens is 3. The summed E-state index contributed by atoms with van der Waals surface area (Å²) < 4.78 is 43.2. The lowest BCUT2D eigenvalue weighted by Gasteiger charge is -2.36. The number of Topliss-reactive ketones (excluding diaryl/α,β-unsaturated/α-hetero) is 1. The van der Waals surface area contributed by atoms with Crippen molar-refractivity contribution in [3.05, 3.63) is 11.3 Å². The first kappa shape index (κ1) is 20.9. The molecule has 8 heteroatoms. The Bertz CT molecular complexity index is 704. The standard InChI is InChI=1S/C20H27F3N2O3/c1-12-16(13(2)26)19(20(21,22)23,18(28)25(12)15-10-6-7-11-15)24-17(27)14-8-4-3-5-9-14/h14-15H,3-11H2,1-2H3,(H,24,27)/t19-/m0/s1. The zero-order chi connectivity index (χ0) is 20.7. The molecule has 2 fully saturated rings. The van der Waals surface area contributed by atoms with Crippen LogP contribution in [0.1, 0.15) is 71.6 Å². The van der Waals surface area contributed by atoms with Crippen LogP contribution in [-0.2, 0) is 14.4 Å². The maximum atomic E-state index is 14.4. The summed E-state index contributed by atoms with van der Waals surface area (Å²) in [5.74, 6) is -3.42. The van der Waals surface area contributed by atoms with Crippen molar-refractivity contribution in [1.29, 1.82) is 0 Å². The van der Waals surface area contributed by atoms with E-state index in [0.717, 1.165) is 43.9 Å². The molecule has 1 aliphatic heterocycles. The van der Waals surface area contributed by atoms with Gasteiger partial charge in [-0.05, 0) is 39.5 Å². The molecule has 156 valence electrons. The third-order valence-corrected chi connectivity index (χ3v) is 6.39. The molecule has 0 radical (unpaired) electrons. The highest BCUT2D eigenvalue weighted by Crippen LogP contribution is 2.47. The lowest BCUT2D eigenvalue weighted by atomic mass is 9.84. The van der Waals surface area contributed by atoms with Gasteiger partial charge >= 0.3 is 6.18 Å². The molecule has 0 aromatic heterocycles. The van der Waals surface area contributed by atoms with Gasteiger partial charge < -0.3 is 10.2 Å². The summed E-state index contributed by atoms with van der Waals surface area (Å²) in [6, 6.07) is -0.363. The first-order valence-electron chi connectivity index (χ1n) is 10.1. The SMILES string of the molecule is CC(=O)C1=C(C)N(C2CCCC2)C(=O)[C@]1(NC(=O)C1CCCCC1)C(F)(F)F. The summed E-state index contributed by atoms with van der Waals surface area (Å²) in [7, 11) is 0. The molecule has 2 aliphatic carbocycles. The van der Waals surface area contributed by atoms with Gasteiger partial charge in [-0.25, -0.2) is 0 Å². The summed E-state index contributed by atoms with van der Waals surface area (Å²) in [6.45, 7) is 2.41. The second-order valence-electron chi connectivity index (χ2n) is 8.20. The normalized spacial score (nSPS) is 27.6. The molecule has 2 amide bonds. The number of allylic oxidation sites excluding steroid dienone is 1. The van der Waals surface area contributed by atoms with Gasteiger partial charge in [-0.1, -0.05) is 32.1 Å². The van der Waals surface area contributed by atoms with Crippen molar-refractivity contribution in [1.82, 2.24) is 10.2 Å². The van der Waals surface area contributed by atoms with E-state index in [2.05, 4.69) is 0 Å². The Labute approximate surface area is 162 Å². The van der Waals surface area contributed by atoms with Gasteiger partial charge in [0.25, 0.3) is 5.91 Å². The van der Waals surface area contributed by atoms with Crippen LogP contribution >= 0.6 is 0 Å². The van der Waals surface area contributed by atoms with E-state index < -0.39 is 40.8 Å². The number of ketones is 1. The highest BCUT2D eigenvalue weighted by atomic mass is 19.4. The monoisotopic (exact) mass is 400 g/mol. The smallest absolute Gasteiger partial charge is 0.330 e. The number of alkyl halides is 3. The Morgan fingerprint density at radius 2 is 1.57 bits per heavy atom. The molecule has 3 aliphatic rings. The van der Waals surface area contributed by atoms with Gasteiger partial charge in [-0.15, -0.1) is 0 Å². The third kappa shape index (κ3) is 3.24. The van der Waals surface area contributed by atoms with Crippen LogP contribution < -0.4 is 5.32 Å². The van der Waals surface area contributed by atoms with Crippen LogP contribution in [0.25, 0.3) is 0 Å². The van der Waals surface area contributed by atoms with E-state index in [9.17, 15) is 27.6 Å². The van der Waals surface area contributed by atoms with Gasteiger partial charge in [0.1, 0.15) is 0 Å². The van der Waals surface area contributed by atoms with E-state index >= 15 is 0 Å². The molecule has 1 heterocycles. The Hall–Kier alpha value is -1.86. The fourth-order valence-electron chi connectivity index (χ4n) is 5.05. The van der Waals surface area contributed by atoms with Crippen molar-refractivity contribution in [2.24, 2.45) is 5.92 Å². The van der Waals surface area contributed by atoms with Gasteiger partial charge in [0, 0.05) is 17.7 Å². The molecule has 1 N–H and O–H groups in total.